The number of hydrogen-bond donors (Lipinski definition) is 1. The minimum absolute atomic E-state index is 0.0926. The van der Waals surface area contributed by atoms with Crippen LogP contribution in [0.15, 0.2) is 30.9 Å². The zero-order chi connectivity index (χ0) is 13.0. The molecule has 0 unspecified atom stereocenters. The Balaban J connectivity index is 2.03. The van der Waals surface area contributed by atoms with Crippen molar-refractivity contribution in [1.82, 2.24) is 14.5 Å². The summed E-state index contributed by atoms with van der Waals surface area (Å²) in [5, 5.41) is 13.9. The van der Waals surface area contributed by atoms with E-state index in [1.807, 2.05) is 10.8 Å². The minimum Gasteiger partial charge on any atom is -0.363 e. The minimum atomic E-state index is -0.497. The van der Waals surface area contributed by atoms with E-state index in [-0.39, 0.29) is 16.7 Å². The lowest BCUT2D eigenvalue weighted by Gasteiger charge is -2.06. The second kappa shape index (κ2) is 5.46. The number of pyridine rings is 1. The highest BCUT2D eigenvalue weighted by atomic mass is 35.5. The molecule has 0 aromatic carbocycles. The first-order valence-corrected chi connectivity index (χ1v) is 5.55. The average molecular weight is 268 g/mol. The molecule has 94 valence electrons. The van der Waals surface area contributed by atoms with Crippen LogP contribution in [0.4, 0.5) is 11.5 Å². The van der Waals surface area contributed by atoms with Gasteiger partial charge in [-0.05, 0) is 6.07 Å². The molecular weight excluding hydrogens is 258 g/mol. The van der Waals surface area contributed by atoms with E-state index in [1.54, 1.807) is 12.5 Å². The Kier molecular flexibility index (Phi) is 3.73. The van der Waals surface area contributed by atoms with Gasteiger partial charge in [0.2, 0.25) is 5.82 Å². The molecule has 2 aromatic rings. The molecule has 0 aliphatic carbocycles. The van der Waals surface area contributed by atoms with Crippen LogP contribution in [0.5, 0.6) is 0 Å². The Hall–Kier alpha value is -2.15. The van der Waals surface area contributed by atoms with Gasteiger partial charge in [-0.25, -0.2) is 9.97 Å². The maximum Gasteiger partial charge on any atom is 0.311 e. The van der Waals surface area contributed by atoms with Gasteiger partial charge in [0.05, 0.1) is 11.3 Å². The van der Waals surface area contributed by atoms with Gasteiger partial charge in [0.1, 0.15) is 5.15 Å². The van der Waals surface area contributed by atoms with Gasteiger partial charge >= 0.3 is 5.69 Å². The third-order valence-electron chi connectivity index (χ3n) is 2.26. The molecule has 1 N–H and O–H groups in total. The van der Waals surface area contributed by atoms with Crippen LogP contribution in [0, 0.1) is 10.1 Å². The molecule has 2 aromatic heterocycles. The molecule has 0 fully saturated rings. The molecule has 0 atom stereocenters. The zero-order valence-corrected chi connectivity index (χ0v) is 10.0. The van der Waals surface area contributed by atoms with Crippen LogP contribution in [0.3, 0.4) is 0 Å². The summed E-state index contributed by atoms with van der Waals surface area (Å²) in [5.41, 5.74) is -0.0926. The van der Waals surface area contributed by atoms with Crippen LogP contribution in [0.25, 0.3) is 0 Å². The topological polar surface area (TPSA) is 85.9 Å². The summed E-state index contributed by atoms with van der Waals surface area (Å²) in [5.74, 6) is 0.174. The molecule has 0 saturated carbocycles. The summed E-state index contributed by atoms with van der Waals surface area (Å²) in [4.78, 5) is 18.1. The van der Waals surface area contributed by atoms with Crippen molar-refractivity contribution >= 4 is 23.1 Å². The highest BCUT2D eigenvalue weighted by molar-refractivity contribution is 6.29. The van der Waals surface area contributed by atoms with E-state index in [9.17, 15) is 10.1 Å². The van der Waals surface area contributed by atoms with E-state index < -0.39 is 4.92 Å². The number of nitro groups is 1. The van der Waals surface area contributed by atoms with Crippen LogP contribution in [-0.2, 0) is 6.54 Å². The number of anilines is 1. The van der Waals surface area contributed by atoms with Crippen LogP contribution in [-0.4, -0.2) is 26.0 Å². The largest absolute Gasteiger partial charge is 0.363 e. The molecule has 0 aliphatic rings. The Morgan fingerprint density at radius 1 is 1.50 bits per heavy atom. The normalized spacial score (nSPS) is 10.3. The zero-order valence-electron chi connectivity index (χ0n) is 9.28. The van der Waals surface area contributed by atoms with Gasteiger partial charge < -0.3 is 9.88 Å². The van der Waals surface area contributed by atoms with Gasteiger partial charge in [-0.2, -0.15) is 0 Å². The molecule has 0 amide bonds. The molecule has 18 heavy (non-hydrogen) atoms. The monoisotopic (exact) mass is 267 g/mol. The molecule has 0 bridgehead atoms. The van der Waals surface area contributed by atoms with Crippen molar-refractivity contribution in [2.45, 2.75) is 6.54 Å². The summed E-state index contributed by atoms with van der Waals surface area (Å²) in [6, 6.07) is 2.72. The number of hydrogen-bond acceptors (Lipinski definition) is 5. The Morgan fingerprint density at radius 2 is 2.33 bits per heavy atom. The van der Waals surface area contributed by atoms with Crippen molar-refractivity contribution in [3.63, 3.8) is 0 Å². The first-order valence-electron chi connectivity index (χ1n) is 5.17. The SMILES string of the molecule is O=[N+]([O-])c1ccc(Cl)nc1NCCn1ccnc1. The van der Waals surface area contributed by atoms with Crippen molar-refractivity contribution in [1.29, 1.82) is 0 Å². The van der Waals surface area contributed by atoms with E-state index in [4.69, 9.17) is 11.6 Å². The second-order valence-corrected chi connectivity index (χ2v) is 3.87. The molecule has 0 radical (unpaired) electrons. The van der Waals surface area contributed by atoms with Crippen LogP contribution >= 0.6 is 11.6 Å². The van der Waals surface area contributed by atoms with Gasteiger partial charge in [0.25, 0.3) is 0 Å². The van der Waals surface area contributed by atoms with Crippen molar-refractivity contribution < 1.29 is 4.92 Å². The molecule has 0 spiro atoms. The summed E-state index contributed by atoms with van der Waals surface area (Å²) >= 11 is 5.71. The second-order valence-electron chi connectivity index (χ2n) is 3.49. The number of halogens is 1. The van der Waals surface area contributed by atoms with Crippen molar-refractivity contribution in [2.75, 3.05) is 11.9 Å². The van der Waals surface area contributed by atoms with Gasteiger partial charge in [0.15, 0.2) is 0 Å². The lowest BCUT2D eigenvalue weighted by atomic mass is 10.4. The van der Waals surface area contributed by atoms with Gasteiger partial charge in [-0.15, -0.1) is 0 Å². The summed E-state index contributed by atoms with van der Waals surface area (Å²) in [6.07, 6.45) is 5.14. The van der Waals surface area contributed by atoms with E-state index in [0.717, 1.165) is 0 Å². The maximum atomic E-state index is 10.8. The van der Waals surface area contributed by atoms with E-state index in [2.05, 4.69) is 15.3 Å². The molecule has 7 nitrogen and oxygen atoms in total. The van der Waals surface area contributed by atoms with Gasteiger partial charge in [-0.1, -0.05) is 11.6 Å². The predicted octanol–water partition coefficient (Wildman–Crippen LogP) is 1.95. The summed E-state index contributed by atoms with van der Waals surface area (Å²) in [6.45, 7) is 1.12. The Morgan fingerprint density at radius 3 is 3.00 bits per heavy atom. The van der Waals surface area contributed by atoms with Gasteiger partial charge in [0, 0.05) is 31.5 Å². The third kappa shape index (κ3) is 2.95. The quantitative estimate of drug-likeness (QED) is 0.508. The molecule has 2 rings (SSSR count). The molecule has 0 aliphatic heterocycles. The van der Waals surface area contributed by atoms with Crippen molar-refractivity contribution in [2.24, 2.45) is 0 Å². The number of imidazole rings is 1. The summed E-state index contributed by atoms with van der Waals surface area (Å²) < 4.78 is 1.85. The summed E-state index contributed by atoms with van der Waals surface area (Å²) in [7, 11) is 0. The van der Waals surface area contributed by atoms with Crippen LogP contribution in [0.2, 0.25) is 5.15 Å². The van der Waals surface area contributed by atoms with E-state index in [0.29, 0.717) is 13.1 Å². The number of nitrogens with zero attached hydrogens (tertiary/aromatic N) is 4. The Labute approximate surface area is 108 Å². The van der Waals surface area contributed by atoms with Crippen molar-refractivity contribution in [3.8, 4) is 0 Å². The number of rotatable bonds is 5. The smallest absolute Gasteiger partial charge is 0.311 e. The Bertz CT molecular complexity index is 543. The lowest BCUT2D eigenvalue weighted by Crippen LogP contribution is -2.11. The third-order valence-corrected chi connectivity index (χ3v) is 2.47. The van der Waals surface area contributed by atoms with E-state index in [1.165, 1.54) is 12.1 Å². The first kappa shape index (κ1) is 12.3. The highest BCUT2D eigenvalue weighted by Gasteiger charge is 2.14. The fourth-order valence-electron chi connectivity index (χ4n) is 1.43. The standard InChI is InChI=1S/C10H10ClN5O2/c11-9-2-1-8(16(17)18)10(14-9)13-4-6-15-5-3-12-7-15/h1-3,5,7H,4,6H2,(H,13,14). The molecule has 2 heterocycles. The van der Waals surface area contributed by atoms with Crippen LogP contribution in [0.1, 0.15) is 0 Å². The first-order chi connectivity index (χ1) is 8.66. The van der Waals surface area contributed by atoms with Crippen molar-refractivity contribution in [3.05, 3.63) is 46.1 Å². The molecule has 0 saturated heterocycles. The molecule has 8 heteroatoms. The van der Waals surface area contributed by atoms with Crippen LogP contribution < -0.4 is 5.32 Å². The highest BCUT2D eigenvalue weighted by Crippen LogP contribution is 2.23. The maximum absolute atomic E-state index is 10.8. The average Bonchev–Trinajstić information content (AvgIpc) is 2.82. The molecular formula is C10H10ClN5O2. The van der Waals surface area contributed by atoms with E-state index >= 15 is 0 Å². The predicted molar refractivity (Wildman–Crippen MR) is 66.6 cm³/mol. The fourth-order valence-corrected chi connectivity index (χ4v) is 1.58. The number of nitrogens with one attached hydrogen (secondary N) is 1. The number of aromatic nitrogens is 3. The lowest BCUT2D eigenvalue weighted by molar-refractivity contribution is -0.384. The fraction of sp³-hybridized carbons (Fsp3) is 0.200. The van der Waals surface area contributed by atoms with Gasteiger partial charge in [-0.3, -0.25) is 10.1 Å².